The number of carbonyl (C=O) groups excluding carboxylic acids is 1. The molecule has 1 aliphatic rings. The summed E-state index contributed by atoms with van der Waals surface area (Å²) in [6.45, 7) is 2.60. The number of aryl methyl sites for hydroxylation is 2. The van der Waals surface area contributed by atoms with E-state index in [2.05, 4.69) is 10.5 Å². The Kier molecular flexibility index (Phi) is 5.08. The molecule has 1 amide bonds. The van der Waals surface area contributed by atoms with Crippen molar-refractivity contribution in [1.82, 2.24) is 5.43 Å². The van der Waals surface area contributed by atoms with Crippen LogP contribution in [0.15, 0.2) is 35.4 Å². The smallest absolute Gasteiger partial charge is 0.281 e. The molecule has 3 rings (SSSR count). The molecule has 0 radical (unpaired) electrons. The fourth-order valence-electron chi connectivity index (χ4n) is 2.64. The molecule has 0 fully saturated rings. The van der Waals surface area contributed by atoms with Crippen molar-refractivity contribution in [3.63, 3.8) is 0 Å². The van der Waals surface area contributed by atoms with Gasteiger partial charge in [-0.1, -0.05) is 0 Å². The van der Waals surface area contributed by atoms with Gasteiger partial charge in [0.05, 0.1) is 17.7 Å². The number of hydrogen-bond acceptors (Lipinski definition) is 4. The molecule has 120 valence electrons. The topological polar surface area (TPSA) is 50.7 Å². The highest BCUT2D eigenvalue weighted by atomic mass is 32.1. The van der Waals surface area contributed by atoms with Crippen LogP contribution in [0, 0.1) is 0 Å². The number of rotatable bonds is 5. The van der Waals surface area contributed by atoms with Gasteiger partial charge in [-0.3, -0.25) is 4.79 Å². The summed E-state index contributed by atoms with van der Waals surface area (Å²) in [6, 6.07) is 9.61. The van der Waals surface area contributed by atoms with Gasteiger partial charge < -0.3 is 4.74 Å². The minimum Gasteiger partial charge on any atom is -0.494 e. The molecule has 2 aromatic rings. The first-order valence-electron chi connectivity index (χ1n) is 7.94. The molecule has 1 heterocycles. The number of fused-ring (bicyclic) bond motifs is 1. The Hall–Kier alpha value is -2.14. The average molecular weight is 328 g/mol. The van der Waals surface area contributed by atoms with E-state index in [1.54, 1.807) is 17.6 Å². The van der Waals surface area contributed by atoms with Crippen LogP contribution in [-0.4, -0.2) is 18.7 Å². The highest BCUT2D eigenvalue weighted by Gasteiger charge is 2.16. The molecule has 0 saturated heterocycles. The number of benzene rings is 1. The molecule has 0 spiro atoms. The SMILES string of the molecule is CCOc1ccc(C=NNC(=O)c2cc3c(s2)CCCC3)cc1. The lowest BCUT2D eigenvalue weighted by molar-refractivity contribution is 0.0959. The zero-order valence-electron chi connectivity index (χ0n) is 13.2. The Morgan fingerprint density at radius 3 is 2.83 bits per heavy atom. The third-order valence-electron chi connectivity index (χ3n) is 3.79. The molecular formula is C18H20N2O2S. The molecule has 1 aromatic heterocycles. The van der Waals surface area contributed by atoms with Crippen LogP contribution in [0.3, 0.4) is 0 Å². The summed E-state index contributed by atoms with van der Waals surface area (Å²) in [5.74, 6) is 0.699. The Morgan fingerprint density at radius 1 is 1.30 bits per heavy atom. The van der Waals surface area contributed by atoms with Crippen LogP contribution in [0.1, 0.15) is 45.4 Å². The largest absolute Gasteiger partial charge is 0.494 e. The minimum absolute atomic E-state index is 0.133. The third kappa shape index (κ3) is 3.99. The van der Waals surface area contributed by atoms with E-state index in [-0.39, 0.29) is 5.91 Å². The zero-order valence-corrected chi connectivity index (χ0v) is 14.0. The molecule has 0 bridgehead atoms. The van der Waals surface area contributed by atoms with E-state index < -0.39 is 0 Å². The second-order valence-corrected chi connectivity index (χ2v) is 6.60. The van der Waals surface area contributed by atoms with Gasteiger partial charge >= 0.3 is 0 Å². The van der Waals surface area contributed by atoms with E-state index >= 15 is 0 Å². The quantitative estimate of drug-likeness (QED) is 0.670. The van der Waals surface area contributed by atoms with E-state index in [1.807, 2.05) is 37.3 Å². The third-order valence-corrected chi connectivity index (χ3v) is 5.03. The van der Waals surface area contributed by atoms with E-state index in [9.17, 15) is 4.79 Å². The number of hydrazone groups is 1. The second-order valence-electron chi connectivity index (χ2n) is 5.47. The number of carbonyl (C=O) groups is 1. The summed E-state index contributed by atoms with van der Waals surface area (Å²) in [5, 5.41) is 4.04. The van der Waals surface area contributed by atoms with Gasteiger partial charge in [0.2, 0.25) is 0 Å². The first-order valence-corrected chi connectivity index (χ1v) is 8.76. The predicted molar refractivity (Wildman–Crippen MR) is 93.6 cm³/mol. The molecule has 4 nitrogen and oxygen atoms in total. The monoisotopic (exact) mass is 328 g/mol. The van der Waals surface area contributed by atoms with Crippen molar-refractivity contribution in [3.05, 3.63) is 51.2 Å². The number of nitrogens with zero attached hydrogens (tertiary/aromatic N) is 1. The van der Waals surface area contributed by atoms with Crippen LogP contribution in [0.25, 0.3) is 0 Å². The van der Waals surface area contributed by atoms with Crippen molar-refractivity contribution in [3.8, 4) is 5.75 Å². The molecule has 1 N–H and O–H groups in total. The first-order chi connectivity index (χ1) is 11.3. The Labute approximate surface area is 140 Å². The second kappa shape index (κ2) is 7.42. The summed E-state index contributed by atoms with van der Waals surface area (Å²) in [7, 11) is 0. The lowest BCUT2D eigenvalue weighted by Gasteiger charge is -2.08. The van der Waals surface area contributed by atoms with Crippen molar-refractivity contribution in [2.75, 3.05) is 6.61 Å². The molecular weight excluding hydrogens is 308 g/mol. The molecule has 5 heteroatoms. The standard InChI is InChI=1S/C18H20N2O2S/c1-2-22-15-9-7-13(8-10-15)12-19-20-18(21)17-11-14-5-3-4-6-16(14)23-17/h7-12H,2-6H2,1H3,(H,20,21). The van der Waals surface area contributed by atoms with Crippen LogP contribution in [0.2, 0.25) is 0 Å². The Balaban J connectivity index is 1.58. The summed E-state index contributed by atoms with van der Waals surface area (Å²) >= 11 is 1.59. The molecule has 0 saturated carbocycles. The first kappa shape index (κ1) is 15.7. The van der Waals surface area contributed by atoms with Gasteiger partial charge in [0.25, 0.3) is 5.91 Å². The zero-order chi connectivity index (χ0) is 16.1. The highest BCUT2D eigenvalue weighted by molar-refractivity contribution is 7.14. The van der Waals surface area contributed by atoms with Gasteiger partial charge in [0.15, 0.2) is 0 Å². The normalized spacial score (nSPS) is 13.8. The van der Waals surface area contributed by atoms with Crippen molar-refractivity contribution in [1.29, 1.82) is 0 Å². The maximum atomic E-state index is 12.2. The molecule has 0 unspecified atom stereocenters. The van der Waals surface area contributed by atoms with E-state index in [1.165, 1.54) is 23.3 Å². The average Bonchev–Trinajstić information content (AvgIpc) is 3.01. The summed E-state index contributed by atoms with van der Waals surface area (Å²) in [4.78, 5) is 14.3. The maximum Gasteiger partial charge on any atom is 0.281 e. The predicted octanol–water partition coefficient (Wildman–Crippen LogP) is 3.79. The summed E-state index contributed by atoms with van der Waals surface area (Å²) < 4.78 is 5.39. The van der Waals surface area contributed by atoms with Gasteiger partial charge in [-0.05, 0) is 74.1 Å². The summed E-state index contributed by atoms with van der Waals surface area (Å²) in [5.41, 5.74) is 4.86. The number of nitrogens with one attached hydrogen (secondary N) is 1. The van der Waals surface area contributed by atoms with Crippen LogP contribution >= 0.6 is 11.3 Å². The van der Waals surface area contributed by atoms with Crippen molar-refractivity contribution in [2.45, 2.75) is 32.6 Å². The lowest BCUT2D eigenvalue weighted by atomic mass is 9.99. The van der Waals surface area contributed by atoms with E-state index in [0.29, 0.717) is 6.61 Å². The van der Waals surface area contributed by atoms with Crippen LogP contribution < -0.4 is 10.2 Å². The Bertz CT molecular complexity index is 681. The molecule has 1 aliphatic carbocycles. The number of ether oxygens (including phenoxy) is 1. The van der Waals surface area contributed by atoms with Crippen LogP contribution in [0.4, 0.5) is 0 Å². The number of thiophene rings is 1. The number of hydrogen-bond donors (Lipinski definition) is 1. The minimum atomic E-state index is -0.133. The lowest BCUT2D eigenvalue weighted by Crippen LogP contribution is -2.16. The van der Waals surface area contributed by atoms with Gasteiger partial charge in [-0.15, -0.1) is 11.3 Å². The van der Waals surface area contributed by atoms with Crippen LogP contribution in [-0.2, 0) is 12.8 Å². The van der Waals surface area contributed by atoms with Gasteiger partial charge in [0, 0.05) is 4.88 Å². The summed E-state index contributed by atoms with van der Waals surface area (Å²) in [6.07, 6.45) is 6.28. The van der Waals surface area contributed by atoms with Crippen molar-refractivity contribution in [2.24, 2.45) is 5.10 Å². The van der Waals surface area contributed by atoms with Crippen molar-refractivity contribution < 1.29 is 9.53 Å². The molecule has 0 aliphatic heterocycles. The van der Waals surface area contributed by atoms with Gasteiger partial charge in [-0.25, -0.2) is 5.43 Å². The van der Waals surface area contributed by atoms with Gasteiger partial charge in [0.1, 0.15) is 5.75 Å². The van der Waals surface area contributed by atoms with Crippen LogP contribution in [0.5, 0.6) is 5.75 Å². The fraction of sp³-hybridized carbons (Fsp3) is 0.333. The molecule has 23 heavy (non-hydrogen) atoms. The fourth-order valence-corrected chi connectivity index (χ4v) is 3.78. The molecule has 1 aromatic carbocycles. The van der Waals surface area contributed by atoms with Crippen molar-refractivity contribution >= 4 is 23.5 Å². The van der Waals surface area contributed by atoms with E-state index in [0.717, 1.165) is 29.0 Å². The van der Waals surface area contributed by atoms with E-state index in [4.69, 9.17) is 4.74 Å². The molecule has 0 atom stereocenters. The number of amides is 1. The maximum absolute atomic E-state index is 12.2. The van der Waals surface area contributed by atoms with Gasteiger partial charge in [-0.2, -0.15) is 5.10 Å². The Morgan fingerprint density at radius 2 is 2.09 bits per heavy atom. The highest BCUT2D eigenvalue weighted by Crippen LogP contribution is 2.29.